The molecule has 4 rings (SSSR count). The highest BCUT2D eigenvalue weighted by Gasteiger charge is 2.22. The van der Waals surface area contributed by atoms with Crippen LogP contribution in [0.4, 0.5) is 11.5 Å². The van der Waals surface area contributed by atoms with Crippen molar-refractivity contribution in [1.29, 1.82) is 0 Å². The number of fused-ring (bicyclic) bond motifs is 1. The average molecular weight is 411 g/mol. The lowest BCUT2D eigenvalue weighted by atomic mass is 10.2. The number of carbonyl (C=O) groups is 1. The van der Waals surface area contributed by atoms with E-state index in [9.17, 15) is 4.79 Å². The molecule has 0 saturated carbocycles. The maximum atomic E-state index is 12.6. The highest BCUT2D eigenvalue weighted by molar-refractivity contribution is 5.94. The third-order valence-corrected chi connectivity index (χ3v) is 5.23. The van der Waals surface area contributed by atoms with Gasteiger partial charge in [0.25, 0.3) is 0 Å². The Kier molecular flexibility index (Phi) is 5.66. The Morgan fingerprint density at radius 2 is 1.93 bits per heavy atom. The second-order valence-electron chi connectivity index (χ2n) is 7.08. The number of aromatic nitrogens is 4. The summed E-state index contributed by atoms with van der Waals surface area (Å²) in [6.45, 7) is 3.37. The van der Waals surface area contributed by atoms with E-state index in [4.69, 9.17) is 9.47 Å². The van der Waals surface area contributed by atoms with Gasteiger partial charge in [0.05, 0.1) is 38.0 Å². The van der Waals surface area contributed by atoms with Gasteiger partial charge in [-0.1, -0.05) is 0 Å². The summed E-state index contributed by atoms with van der Waals surface area (Å²) < 4.78 is 12.3. The zero-order valence-corrected chi connectivity index (χ0v) is 17.3. The van der Waals surface area contributed by atoms with E-state index in [1.165, 1.54) is 0 Å². The van der Waals surface area contributed by atoms with E-state index in [-0.39, 0.29) is 5.91 Å². The normalized spacial score (nSPS) is 14.7. The molecule has 1 N–H and O–H groups in total. The van der Waals surface area contributed by atoms with Gasteiger partial charge in [-0.15, -0.1) is 0 Å². The van der Waals surface area contributed by atoms with Crippen LogP contribution < -0.4 is 19.7 Å². The molecule has 1 aliphatic heterocycles. The fourth-order valence-corrected chi connectivity index (χ4v) is 3.62. The molecule has 2 aromatic heterocycles. The van der Waals surface area contributed by atoms with E-state index >= 15 is 0 Å². The van der Waals surface area contributed by atoms with Crippen molar-refractivity contribution >= 4 is 28.4 Å². The van der Waals surface area contributed by atoms with Crippen molar-refractivity contribution in [3.63, 3.8) is 0 Å². The molecule has 0 atom stereocenters. The molecule has 1 aromatic carbocycles. The van der Waals surface area contributed by atoms with Crippen molar-refractivity contribution in [1.82, 2.24) is 24.6 Å². The number of amides is 1. The summed E-state index contributed by atoms with van der Waals surface area (Å²) in [6.07, 6.45) is 3.37. The van der Waals surface area contributed by atoms with Crippen molar-refractivity contribution in [3.8, 4) is 11.5 Å². The molecule has 3 aromatic rings. The molecule has 0 radical (unpaired) electrons. The maximum Gasteiger partial charge on any atom is 0.238 e. The number of benzene rings is 1. The first kappa shape index (κ1) is 19.9. The van der Waals surface area contributed by atoms with Crippen LogP contribution in [0.3, 0.4) is 0 Å². The van der Waals surface area contributed by atoms with Crippen LogP contribution in [0.1, 0.15) is 0 Å². The molecule has 0 unspecified atom stereocenters. The van der Waals surface area contributed by atoms with Gasteiger partial charge in [-0.25, -0.2) is 9.97 Å². The molecule has 0 aliphatic carbocycles. The molecule has 1 aliphatic rings. The Morgan fingerprint density at radius 1 is 1.13 bits per heavy atom. The summed E-state index contributed by atoms with van der Waals surface area (Å²) in [6, 6.07) is 5.32. The van der Waals surface area contributed by atoms with Gasteiger partial charge < -0.3 is 19.7 Å². The molecule has 0 bridgehead atoms. The smallest absolute Gasteiger partial charge is 0.238 e. The van der Waals surface area contributed by atoms with Gasteiger partial charge in [-0.2, -0.15) is 5.10 Å². The Bertz CT molecular complexity index is 1040. The third kappa shape index (κ3) is 3.99. The molecule has 30 heavy (non-hydrogen) atoms. The number of nitrogens with zero attached hydrogens (tertiary/aromatic N) is 6. The van der Waals surface area contributed by atoms with Gasteiger partial charge in [-0.3, -0.25) is 14.4 Å². The van der Waals surface area contributed by atoms with E-state index in [0.717, 1.165) is 43.0 Å². The van der Waals surface area contributed by atoms with Gasteiger partial charge in [0.1, 0.15) is 23.6 Å². The van der Waals surface area contributed by atoms with Crippen LogP contribution in [0.15, 0.2) is 30.7 Å². The average Bonchev–Trinajstić information content (AvgIpc) is 3.15. The van der Waals surface area contributed by atoms with Crippen molar-refractivity contribution in [2.45, 2.75) is 0 Å². The van der Waals surface area contributed by atoms with E-state index in [2.05, 4.69) is 30.2 Å². The van der Waals surface area contributed by atoms with Crippen molar-refractivity contribution in [2.24, 2.45) is 7.05 Å². The maximum absolute atomic E-state index is 12.6. The Morgan fingerprint density at radius 3 is 2.67 bits per heavy atom. The zero-order valence-electron chi connectivity index (χ0n) is 17.3. The second-order valence-corrected chi connectivity index (χ2v) is 7.08. The molecular weight excluding hydrogens is 386 g/mol. The van der Waals surface area contributed by atoms with E-state index in [0.29, 0.717) is 23.7 Å². The summed E-state index contributed by atoms with van der Waals surface area (Å²) in [7, 11) is 5.03. The number of piperazine rings is 1. The van der Waals surface area contributed by atoms with Crippen LogP contribution >= 0.6 is 0 Å². The van der Waals surface area contributed by atoms with Crippen molar-refractivity contribution in [2.75, 3.05) is 57.2 Å². The van der Waals surface area contributed by atoms with Gasteiger partial charge in [-0.05, 0) is 12.1 Å². The molecule has 10 nitrogen and oxygen atoms in total. The Balaban J connectivity index is 1.36. The molecule has 1 amide bonds. The van der Waals surface area contributed by atoms with Gasteiger partial charge in [0.2, 0.25) is 5.91 Å². The lowest BCUT2D eigenvalue weighted by molar-refractivity contribution is -0.117. The number of aryl methyl sites for hydroxylation is 1. The van der Waals surface area contributed by atoms with Crippen LogP contribution in [0.25, 0.3) is 11.0 Å². The Labute approximate surface area is 174 Å². The monoisotopic (exact) mass is 411 g/mol. The number of rotatable bonds is 6. The number of nitrogens with one attached hydrogen (secondary N) is 1. The molecule has 158 valence electrons. The number of ether oxygens (including phenoxy) is 2. The standard InChI is InChI=1S/C20H25N7O3/c1-25-19-15(11-23-25)20(22-13-21-19)27-8-6-26(7-9-27)12-18(28)24-16-10-14(29-2)4-5-17(16)30-3/h4-5,10-11,13H,6-9,12H2,1-3H3,(H,24,28). The zero-order chi connectivity index (χ0) is 21.1. The minimum atomic E-state index is -0.0910. The molecular formula is C20H25N7O3. The first-order valence-corrected chi connectivity index (χ1v) is 9.71. The summed E-state index contributed by atoms with van der Waals surface area (Å²) in [5, 5.41) is 8.14. The van der Waals surface area contributed by atoms with Crippen LogP contribution in [-0.4, -0.2) is 77.5 Å². The fraction of sp³-hybridized carbons (Fsp3) is 0.400. The van der Waals surface area contributed by atoms with Crippen LogP contribution in [-0.2, 0) is 11.8 Å². The highest BCUT2D eigenvalue weighted by Crippen LogP contribution is 2.29. The second kappa shape index (κ2) is 8.54. The quantitative estimate of drug-likeness (QED) is 0.645. The van der Waals surface area contributed by atoms with Gasteiger partial charge in [0, 0.05) is 39.3 Å². The number of methoxy groups -OCH3 is 2. The van der Waals surface area contributed by atoms with E-state index in [1.54, 1.807) is 49.6 Å². The predicted octanol–water partition coefficient (Wildman–Crippen LogP) is 1.14. The molecule has 1 saturated heterocycles. The highest BCUT2D eigenvalue weighted by atomic mass is 16.5. The molecule has 0 spiro atoms. The fourth-order valence-electron chi connectivity index (χ4n) is 3.62. The van der Waals surface area contributed by atoms with Gasteiger partial charge >= 0.3 is 0 Å². The predicted molar refractivity (Wildman–Crippen MR) is 113 cm³/mol. The van der Waals surface area contributed by atoms with E-state index in [1.807, 2.05) is 7.05 Å². The lowest BCUT2D eigenvalue weighted by Crippen LogP contribution is -2.49. The van der Waals surface area contributed by atoms with Gasteiger partial charge in [0.15, 0.2) is 5.65 Å². The third-order valence-electron chi connectivity index (χ3n) is 5.23. The number of anilines is 2. The molecule has 1 fully saturated rings. The van der Waals surface area contributed by atoms with Crippen LogP contribution in [0, 0.1) is 0 Å². The molecule has 10 heteroatoms. The minimum absolute atomic E-state index is 0.0910. The lowest BCUT2D eigenvalue weighted by Gasteiger charge is -2.35. The van der Waals surface area contributed by atoms with E-state index < -0.39 is 0 Å². The summed E-state index contributed by atoms with van der Waals surface area (Å²) in [5.41, 5.74) is 1.41. The number of hydrogen-bond donors (Lipinski definition) is 1. The number of carbonyl (C=O) groups excluding carboxylic acids is 1. The van der Waals surface area contributed by atoms with Crippen molar-refractivity contribution in [3.05, 3.63) is 30.7 Å². The van der Waals surface area contributed by atoms with Crippen molar-refractivity contribution < 1.29 is 14.3 Å². The SMILES string of the molecule is COc1ccc(OC)c(NC(=O)CN2CCN(c3ncnc4c3cnn4C)CC2)c1. The minimum Gasteiger partial charge on any atom is -0.497 e. The van der Waals surface area contributed by atoms with Crippen LogP contribution in [0.5, 0.6) is 11.5 Å². The molecule has 3 heterocycles. The number of hydrogen-bond acceptors (Lipinski definition) is 8. The topological polar surface area (TPSA) is 97.6 Å². The summed E-state index contributed by atoms with van der Waals surface area (Å²) in [5.74, 6) is 2.05. The largest absolute Gasteiger partial charge is 0.497 e. The summed E-state index contributed by atoms with van der Waals surface area (Å²) in [4.78, 5) is 25.7. The summed E-state index contributed by atoms with van der Waals surface area (Å²) >= 11 is 0. The first-order valence-electron chi connectivity index (χ1n) is 9.71. The van der Waals surface area contributed by atoms with Crippen LogP contribution in [0.2, 0.25) is 0 Å². The Hall–Kier alpha value is -3.40. The first-order chi connectivity index (χ1) is 14.6.